The van der Waals surface area contributed by atoms with Gasteiger partial charge in [-0.1, -0.05) is 12.1 Å². The molecular formula is C16H24N2O. The van der Waals surface area contributed by atoms with Gasteiger partial charge in [-0.2, -0.15) is 0 Å². The van der Waals surface area contributed by atoms with Gasteiger partial charge in [0.2, 0.25) is 0 Å². The number of piperidine rings is 1. The van der Waals surface area contributed by atoms with Crippen molar-refractivity contribution in [1.29, 1.82) is 0 Å². The Morgan fingerprint density at radius 1 is 1.32 bits per heavy atom. The highest BCUT2D eigenvalue weighted by Crippen LogP contribution is 2.25. The number of methoxy groups -OCH3 is 1. The molecule has 0 spiro atoms. The van der Waals surface area contributed by atoms with Gasteiger partial charge in [-0.25, -0.2) is 0 Å². The number of hydrogen-bond donors (Lipinski definition) is 1. The summed E-state index contributed by atoms with van der Waals surface area (Å²) in [7, 11) is 1.81. The lowest BCUT2D eigenvalue weighted by Crippen LogP contribution is -2.34. The van der Waals surface area contributed by atoms with Crippen LogP contribution < -0.4 is 5.32 Å². The predicted octanol–water partition coefficient (Wildman–Crippen LogP) is 2.51. The second kappa shape index (κ2) is 5.93. The number of fused-ring (bicyclic) bond motifs is 1. The number of ether oxygens (including phenoxy) is 1. The van der Waals surface area contributed by atoms with Crippen LogP contribution in [0.5, 0.6) is 0 Å². The van der Waals surface area contributed by atoms with Gasteiger partial charge in [-0.3, -0.25) is 4.90 Å². The summed E-state index contributed by atoms with van der Waals surface area (Å²) in [6.07, 6.45) is 3.74. The Balaban J connectivity index is 1.55. The van der Waals surface area contributed by atoms with Crippen LogP contribution in [0.15, 0.2) is 18.2 Å². The Hall–Kier alpha value is -1.06. The molecule has 1 saturated heterocycles. The molecule has 0 aromatic heterocycles. The first kappa shape index (κ1) is 12.9. The summed E-state index contributed by atoms with van der Waals surface area (Å²) in [6, 6.07) is 6.91. The van der Waals surface area contributed by atoms with Crippen LogP contribution in [0.2, 0.25) is 0 Å². The van der Waals surface area contributed by atoms with Crippen molar-refractivity contribution < 1.29 is 4.74 Å². The van der Waals surface area contributed by atoms with Gasteiger partial charge >= 0.3 is 0 Å². The number of anilines is 1. The molecule has 0 bridgehead atoms. The minimum Gasteiger partial charge on any atom is -0.384 e. The average molecular weight is 260 g/mol. The molecule has 1 aromatic carbocycles. The van der Waals surface area contributed by atoms with E-state index in [-0.39, 0.29) is 0 Å². The lowest BCUT2D eigenvalue weighted by Gasteiger charge is -2.31. The van der Waals surface area contributed by atoms with Crippen molar-refractivity contribution in [3.05, 3.63) is 29.3 Å². The third-order valence-electron chi connectivity index (χ3n) is 4.40. The maximum atomic E-state index is 5.26. The molecule has 2 heterocycles. The Morgan fingerprint density at radius 2 is 2.16 bits per heavy atom. The first-order valence-electron chi connectivity index (χ1n) is 7.42. The van der Waals surface area contributed by atoms with Crippen LogP contribution in [0.1, 0.15) is 24.0 Å². The molecule has 19 heavy (non-hydrogen) atoms. The van der Waals surface area contributed by atoms with Gasteiger partial charge < -0.3 is 10.1 Å². The van der Waals surface area contributed by atoms with Crippen molar-refractivity contribution >= 4 is 5.69 Å². The van der Waals surface area contributed by atoms with Crippen LogP contribution in [-0.4, -0.2) is 38.3 Å². The van der Waals surface area contributed by atoms with E-state index < -0.39 is 0 Å². The van der Waals surface area contributed by atoms with Gasteiger partial charge in [-0.05, 0) is 55.5 Å². The molecular weight excluding hydrogens is 236 g/mol. The lowest BCUT2D eigenvalue weighted by molar-refractivity contribution is 0.0968. The standard InChI is InChI=1S/C16H24N2O/c1-19-12-13-5-8-18(9-6-13)11-14-2-3-16-15(10-14)4-7-17-16/h2-3,10,13,17H,4-9,11-12H2,1H3. The third-order valence-corrected chi connectivity index (χ3v) is 4.40. The number of benzene rings is 1. The van der Waals surface area contributed by atoms with Gasteiger partial charge in [0.05, 0.1) is 0 Å². The Kier molecular flexibility index (Phi) is 4.04. The molecule has 3 rings (SSSR count). The Bertz CT molecular complexity index is 425. The quantitative estimate of drug-likeness (QED) is 0.900. The molecule has 1 aromatic rings. The Labute approximate surface area is 115 Å². The van der Waals surface area contributed by atoms with Crippen molar-refractivity contribution in [3.8, 4) is 0 Å². The van der Waals surface area contributed by atoms with Gasteiger partial charge in [0.25, 0.3) is 0 Å². The zero-order valence-corrected chi connectivity index (χ0v) is 11.8. The minimum atomic E-state index is 0.769. The van der Waals surface area contributed by atoms with Crippen LogP contribution in [0.3, 0.4) is 0 Å². The predicted molar refractivity (Wildman–Crippen MR) is 78.5 cm³/mol. The van der Waals surface area contributed by atoms with E-state index in [1.807, 2.05) is 7.11 Å². The zero-order valence-electron chi connectivity index (χ0n) is 11.8. The molecule has 0 unspecified atom stereocenters. The molecule has 0 radical (unpaired) electrons. The number of nitrogens with one attached hydrogen (secondary N) is 1. The maximum Gasteiger partial charge on any atom is 0.0491 e. The van der Waals surface area contributed by atoms with Gasteiger partial charge in [0, 0.05) is 32.5 Å². The summed E-state index contributed by atoms with van der Waals surface area (Å²) in [5.74, 6) is 0.769. The largest absolute Gasteiger partial charge is 0.384 e. The van der Waals surface area contributed by atoms with Crippen LogP contribution >= 0.6 is 0 Å². The first-order valence-corrected chi connectivity index (χ1v) is 7.42. The molecule has 1 N–H and O–H groups in total. The summed E-state index contributed by atoms with van der Waals surface area (Å²) >= 11 is 0. The second-order valence-electron chi connectivity index (χ2n) is 5.84. The molecule has 0 aliphatic carbocycles. The van der Waals surface area contributed by atoms with E-state index in [1.165, 1.54) is 49.2 Å². The second-order valence-corrected chi connectivity index (χ2v) is 5.84. The SMILES string of the molecule is COCC1CCN(Cc2ccc3c(c2)CCN3)CC1. The number of hydrogen-bond acceptors (Lipinski definition) is 3. The fourth-order valence-corrected chi connectivity index (χ4v) is 3.26. The summed E-state index contributed by atoms with van der Waals surface area (Å²) in [5.41, 5.74) is 4.29. The van der Waals surface area contributed by atoms with Crippen molar-refractivity contribution in [2.75, 3.05) is 38.7 Å². The Morgan fingerprint density at radius 3 is 2.95 bits per heavy atom. The molecule has 104 valence electrons. The summed E-state index contributed by atoms with van der Waals surface area (Å²) in [5, 5.41) is 3.42. The van der Waals surface area contributed by atoms with E-state index >= 15 is 0 Å². The molecule has 3 heteroatoms. The maximum absolute atomic E-state index is 5.26. The number of likely N-dealkylation sites (tertiary alicyclic amines) is 1. The van der Waals surface area contributed by atoms with E-state index in [9.17, 15) is 0 Å². The normalized spacial score (nSPS) is 20.3. The van der Waals surface area contributed by atoms with Gasteiger partial charge in [-0.15, -0.1) is 0 Å². The molecule has 0 atom stereocenters. The van der Waals surface area contributed by atoms with Crippen molar-refractivity contribution in [2.24, 2.45) is 5.92 Å². The topological polar surface area (TPSA) is 24.5 Å². The number of nitrogens with zero attached hydrogens (tertiary/aromatic N) is 1. The minimum absolute atomic E-state index is 0.769. The molecule has 0 saturated carbocycles. The van der Waals surface area contributed by atoms with E-state index in [2.05, 4.69) is 28.4 Å². The van der Waals surface area contributed by atoms with Crippen molar-refractivity contribution in [3.63, 3.8) is 0 Å². The molecule has 2 aliphatic heterocycles. The van der Waals surface area contributed by atoms with Gasteiger partial charge in [0.1, 0.15) is 0 Å². The van der Waals surface area contributed by atoms with Crippen LogP contribution in [0.4, 0.5) is 5.69 Å². The van der Waals surface area contributed by atoms with Crippen molar-refractivity contribution in [1.82, 2.24) is 4.90 Å². The van der Waals surface area contributed by atoms with E-state index in [1.54, 1.807) is 0 Å². The zero-order chi connectivity index (χ0) is 13.1. The van der Waals surface area contributed by atoms with Gasteiger partial charge in [0.15, 0.2) is 0 Å². The van der Waals surface area contributed by atoms with E-state index in [0.29, 0.717) is 0 Å². The molecule has 0 amide bonds. The van der Waals surface area contributed by atoms with Crippen LogP contribution in [-0.2, 0) is 17.7 Å². The first-order chi connectivity index (χ1) is 9.35. The highest BCUT2D eigenvalue weighted by Gasteiger charge is 2.19. The van der Waals surface area contributed by atoms with Crippen molar-refractivity contribution in [2.45, 2.75) is 25.8 Å². The lowest BCUT2D eigenvalue weighted by atomic mass is 9.97. The average Bonchev–Trinajstić information content (AvgIpc) is 2.89. The van der Waals surface area contributed by atoms with Crippen LogP contribution in [0, 0.1) is 5.92 Å². The summed E-state index contributed by atoms with van der Waals surface area (Å²) in [6.45, 7) is 5.55. The molecule has 2 aliphatic rings. The fraction of sp³-hybridized carbons (Fsp3) is 0.625. The highest BCUT2D eigenvalue weighted by molar-refractivity contribution is 5.56. The monoisotopic (exact) mass is 260 g/mol. The number of rotatable bonds is 4. The molecule has 3 nitrogen and oxygen atoms in total. The highest BCUT2D eigenvalue weighted by atomic mass is 16.5. The van der Waals surface area contributed by atoms with E-state index in [0.717, 1.165) is 25.6 Å². The molecule has 1 fully saturated rings. The third kappa shape index (κ3) is 3.10. The summed E-state index contributed by atoms with van der Waals surface area (Å²) < 4.78 is 5.26. The smallest absolute Gasteiger partial charge is 0.0491 e. The van der Waals surface area contributed by atoms with Crippen LogP contribution in [0.25, 0.3) is 0 Å². The fourth-order valence-electron chi connectivity index (χ4n) is 3.26. The summed E-state index contributed by atoms with van der Waals surface area (Å²) in [4.78, 5) is 2.58. The van der Waals surface area contributed by atoms with E-state index in [4.69, 9.17) is 4.74 Å².